The van der Waals surface area contributed by atoms with Gasteiger partial charge in [0.05, 0.1) is 6.10 Å². The van der Waals surface area contributed by atoms with Crippen LogP contribution in [0.3, 0.4) is 0 Å². The molecule has 32 heavy (non-hydrogen) atoms. The van der Waals surface area contributed by atoms with E-state index in [9.17, 15) is 5.11 Å². The molecule has 0 bridgehead atoms. The molecular formula is C29H50O2Si. The fourth-order valence-electron chi connectivity index (χ4n) is 8.47. The average molecular weight is 459 g/mol. The van der Waals surface area contributed by atoms with E-state index in [4.69, 9.17) is 4.43 Å². The van der Waals surface area contributed by atoms with E-state index in [-0.39, 0.29) is 16.6 Å². The van der Waals surface area contributed by atoms with E-state index in [0.717, 1.165) is 24.7 Å². The minimum absolute atomic E-state index is 0.163. The maximum atomic E-state index is 11.1. The third-order valence-corrected chi connectivity index (χ3v) is 15.9. The zero-order valence-electron chi connectivity index (χ0n) is 22.2. The predicted molar refractivity (Wildman–Crippen MR) is 138 cm³/mol. The molecule has 4 aliphatic rings. The van der Waals surface area contributed by atoms with Crippen LogP contribution in [0.15, 0.2) is 24.3 Å². The number of aliphatic hydroxyl groups excluding tert-OH is 1. The first-order valence-corrected chi connectivity index (χ1v) is 16.3. The van der Waals surface area contributed by atoms with Gasteiger partial charge in [-0.3, -0.25) is 0 Å². The topological polar surface area (TPSA) is 29.5 Å². The molecule has 0 radical (unpaired) electrons. The van der Waals surface area contributed by atoms with Crippen molar-refractivity contribution in [2.75, 3.05) is 0 Å². The lowest BCUT2D eigenvalue weighted by Crippen LogP contribution is -2.52. The first-order chi connectivity index (χ1) is 14.7. The van der Waals surface area contributed by atoms with Gasteiger partial charge in [0.1, 0.15) is 0 Å². The zero-order valence-corrected chi connectivity index (χ0v) is 23.2. The van der Waals surface area contributed by atoms with Crippen LogP contribution in [0.2, 0.25) is 18.1 Å². The van der Waals surface area contributed by atoms with E-state index < -0.39 is 8.32 Å². The van der Waals surface area contributed by atoms with Crippen molar-refractivity contribution < 1.29 is 9.53 Å². The molecule has 9 atom stereocenters. The Morgan fingerprint density at radius 2 is 1.88 bits per heavy atom. The van der Waals surface area contributed by atoms with E-state index in [0.29, 0.717) is 29.3 Å². The molecule has 0 aromatic heterocycles. The second-order valence-corrected chi connectivity index (χ2v) is 18.7. The van der Waals surface area contributed by atoms with Crippen molar-refractivity contribution in [2.45, 2.75) is 117 Å². The van der Waals surface area contributed by atoms with Gasteiger partial charge in [-0.25, -0.2) is 0 Å². The van der Waals surface area contributed by atoms with Gasteiger partial charge >= 0.3 is 0 Å². The third kappa shape index (κ3) is 3.73. The summed E-state index contributed by atoms with van der Waals surface area (Å²) in [5.41, 5.74) is 2.30. The molecule has 0 heterocycles. The normalized spacial score (nSPS) is 45.3. The summed E-state index contributed by atoms with van der Waals surface area (Å²) in [6.07, 6.45) is 13.4. The summed E-state index contributed by atoms with van der Waals surface area (Å²) in [5.74, 6) is 2.93. The summed E-state index contributed by atoms with van der Waals surface area (Å²) in [5, 5.41) is 11.4. The molecule has 3 saturated carbocycles. The predicted octanol–water partition coefficient (Wildman–Crippen LogP) is 7.75. The summed E-state index contributed by atoms with van der Waals surface area (Å²) in [4.78, 5) is 0. The van der Waals surface area contributed by atoms with Crippen LogP contribution in [-0.4, -0.2) is 25.6 Å². The van der Waals surface area contributed by atoms with Gasteiger partial charge in [0.2, 0.25) is 0 Å². The van der Waals surface area contributed by atoms with Crippen molar-refractivity contribution in [1.82, 2.24) is 0 Å². The highest BCUT2D eigenvalue weighted by Crippen LogP contribution is 2.67. The van der Waals surface area contributed by atoms with Crippen molar-refractivity contribution in [2.24, 2.45) is 40.4 Å². The average Bonchev–Trinajstić information content (AvgIpc) is 2.96. The van der Waals surface area contributed by atoms with Crippen LogP contribution in [-0.2, 0) is 4.43 Å². The number of rotatable bonds is 4. The second kappa shape index (κ2) is 8.09. The van der Waals surface area contributed by atoms with Gasteiger partial charge in [0, 0.05) is 6.10 Å². The van der Waals surface area contributed by atoms with E-state index in [1.807, 2.05) is 0 Å². The van der Waals surface area contributed by atoms with Crippen LogP contribution < -0.4 is 0 Å². The summed E-state index contributed by atoms with van der Waals surface area (Å²) in [6, 6.07) is 0. The van der Waals surface area contributed by atoms with Gasteiger partial charge in [-0.15, -0.1) is 6.58 Å². The van der Waals surface area contributed by atoms with Crippen molar-refractivity contribution in [3.63, 3.8) is 0 Å². The highest BCUT2D eigenvalue weighted by Gasteiger charge is 2.61. The molecule has 0 amide bonds. The smallest absolute Gasteiger partial charge is 0.192 e. The molecule has 0 aromatic rings. The minimum atomic E-state index is -1.73. The standard InChI is InChI=1S/C29H50O2Si/c1-10-19(2)26-25(30)18-24-22-12-11-20-17-21(31-32(8,9)27(3,4)5)13-15-28(20,6)23(22)14-16-29(24,26)7/h10-11,19,21-26,30H,1,12-18H2,2-9H3/t19-,21+,22-,23+,24+,25+,26+,28+,29+/m1/s1. The van der Waals surface area contributed by atoms with Gasteiger partial charge in [-0.2, -0.15) is 0 Å². The molecule has 2 nitrogen and oxygen atoms in total. The summed E-state index contributed by atoms with van der Waals surface area (Å²) >= 11 is 0. The first-order valence-electron chi connectivity index (χ1n) is 13.4. The Balaban J connectivity index is 1.55. The van der Waals surface area contributed by atoms with Crippen LogP contribution >= 0.6 is 0 Å². The van der Waals surface area contributed by atoms with Gasteiger partial charge in [0.25, 0.3) is 0 Å². The second-order valence-electron chi connectivity index (χ2n) is 14.0. The fourth-order valence-corrected chi connectivity index (χ4v) is 9.86. The molecule has 0 aromatic carbocycles. The Morgan fingerprint density at radius 3 is 2.50 bits per heavy atom. The van der Waals surface area contributed by atoms with Gasteiger partial charge in [-0.05, 0) is 103 Å². The monoisotopic (exact) mass is 458 g/mol. The Kier molecular flexibility index (Phi) is 6.25. The maximum absolute atomic E-state index is 11.1. The number of aliphatic hydroxyl groups is 1. The van der Waals surface area contributed by atoms with E-state index >= 15 is 0 Å². The number of hydrogen-bond donors (Lipinski definition) is 1. The molecule has 182 valence electrons. The van der Waals surface area contributed by atoms with Crippen molar-refractivity contribution >= 4 is 8.32 Å². The van der Waals surface area contributed by atoms with Gasteiger partial charge in [-0.1, -0.05) is 59.3 Å². The zero-order chi connectivity index (χ0) is 23.7. The SMILES string of the molecule is C=C[C@@H](C)[C@H]1[C@@H](O)C[C@H]2[C@@H]3CC=C4C[C@@H](O[Si](C)(C)C(C)(C)C)CC[C@]4(C)[C@H]3CC[C@]12C. The highest BCUT2D eigenvalue weighted by molar-refractivity contribution is 6.74. The van der Waals surface area contributed by atoms with E-state index in [2.05, 4.69) is 73.4 Å². The van der Waals surface area contributed by atoms with E-state index in [1.54, 1.807) is 5.57 Å². The molecule has 3 fully saturated rings. The van der Waals surface area contributed by atoms with Crippen LogP contribution in [0.5, 0.6) is 0 Å². The molecule has 4 aliphatic carbocycles. The van der Waals surface area contributed by atoms with Gasteiger partial charge < -0.3 is 9.53 Å². The Morgan fingerprint density at radius 1 is 1.19 bits per heavy atom. The number of allylic oxidation sites excluding steroid dienone is 2. The van der Waals surface area contributed by atoms with Crippen LogP contribution in [0.4, 0.5) is 0 Å². The lowest BCUT2D eigenvalue weighted by Gasteiger charge is -2.58. The number of hydrogen-bond acceptors (Lipinski definition) is 2. The summed E-state index contributed by atoms with van der Waals surface area (Å²) in [6.45, 7) is 23.3. The van der Waals surface area contributed by atoms with Crippen LogP contribution in [0.1, 0.15) is 86.5 Å². The summed E-state index contributed by atoms with van der Waals surface area (Å²) in [7, 11) is -1.73. The number of fused-ring (bicyclic) bond motifs is 5. The molecule has 0 unspecified atom stereocenters. The molecule has 0 aliphatic heterocycles. The van der Waals surface area contributed by atoms with Gasteiger partial charge in [0.15, 0.2) is 8.32 Å². The summed E-state index contributed by atoms with van der Waals surface area (Å²) < 4.78 is 6.88. The van der Waals surface area contributed by atoms with E-state index in [1.165, 1.54) is 32.1 Å². The maximum Gasteiger partial charge on any atom is 0.192 e. The molecule has 4 rings (SSSR count). The van der Waals surface area contributed by atoms with Crippen LogP contribution in [0, 0.1) is 40.4 Å². The third-order valence-electron chi connectivity index (χ3n) is 11.4. The molecule has 3 heteroatoms. The highest BCUT2D eigenvalue weighted by atomic mass is 28.4. The lowest BCUT2D eigenvalue weighted by molar-refractivity contribution is -0.0567. The van der Waals surface area contributed by atoms with Crippen molar-refractivity contribution in [1.29, 1.82) is 0 Å². The Hall–Kier alpha value is -0.383. The molecule has 0 spiro atoms. The Bertz CT molecular complexity index is 764. The fraction of sp³-hybridized carbons (Fsp3) is 0.862. The largest absolute Gasteiger partial charge is 0.414 e. The molecule has 1 N–H and O–H groups in total. The molecular weight excluding hydrogens is 408 g/mol. The van der Waals surface area contributed by atoms with Crippen molar-refractivity contribution in [3.05, 3.63) is 24.3 Å². The van der Waals surface area contributed by atoms with Crippen molar-refractivity contribution in [3.8, 4) is 0 Å². The Labute approximate surface area is 199 Å². The van der Waals surface area contributed by atoms with Crippen LogP contribution in [0.25, 0.3) is 0 Å². The molecule has 0 saturated heterocycles. The first kappa shape index (κ1) is 24.7. The quantitative estimate of drug-likeness (QED) is 0.345. The lowest BCUT2D eigenvalue weighted by atomic mass is 9.47. The minimum Gasteiger partial charge on any atom is -0.414 e.